The molecule has 0 bridgehead atoms. The fourth-order valence-corrected chi connectivity index (χ4v) is 1.30. The molecule has 1 rings (SSSR count). The van der Waals surface area contributed by atoms with Gasteiger partial charge in [-0.3, -0.25) is 10.1 Å². The first kappa shape index (κ1) is 10.3. The lowest BCUT2D eigenvalue weighted by molar-refractivity contribution is -0.120. The molecule has 6 N–H and O–H groups in total. The Labute approximate surface area is 80.9 Å². The molecule has 1 fully saturated rings. The van der Waals surface area contributed by atoms with Gasteiger partial charge in [0, 0.05) is 0 Å². The van der Waals surface area contributed by atoms with Crippen molar-refractivity contribution in [1.29, 1.82) is 0 Å². The number of amides is 3. The van der Waals surface area contributed by atoms with Crippen molar-refractivity contribution in [3.63, 3.8) is 0 Å². The second-order valence-corrected chi connectivity index (χ2v) is 2.97. The van der Waals surface area contributed by atoms with E-state index in [1.165, 1.54) is 0 Å². The Morgan fingerprint density at radius 2 is 2.21 bits per heavy atom. The fourth-order valence-electron chi connectivity index (χ4n) is 1.30. The van der Waals surface area contributed by atoms with Gasteiger partial charge >= 0.3 is 6.03 Å². The number of nitrogens with two attached hydrogens (primary N) is 2. The molecule has 0 aromatic rings. The quantitative estimate of drug-likeness (QED) is 0.244. The van der Waals surface area contributed by atoms with Crippen molar-refractivity contribution >= 4 is 17.9 Å². The fraction of sp³-hybridized carbons (Fsp3) is 0.571. The minimum Gasteiger partial charge on any atom is -0.370 e. The molecule has 2 atom stereocenters. The van der Waals surface area contributed by atoms with Crippen LogP contribution in [0.4, 0.5) is 4.79 Å². The molecule has 1 saturated heterocycles. The Bertz CT molecular complexity index is 284. The Morgan fingerprint density at radius 3 is 2.57 bits per heavy atom. The number of guanidine groups is 1. The van der Waals surface area contributed by atoms with Gasteiger partial charge in [0.2, 0.25) is 0 Å². The number of hydrogen-bond donors (Lipinski definition) is 4. The highest BCUT2D eigenvalue weighted by molar-refractivity contribution is 6.04. The summed E-state index contributed by atoms with van der Waals surface area (Å²) in [5, 5.41) is 4.56. The van der Waals surface area contributed by atoms with Crippen LogP contribution < -0.4 is 22.1 Å². The summed E-state index contributed by atoms with van der Waals surface area (Å²) in [7, 11) is 0. The molecular formula is C7H13N5O2. The van der Waals surface area contributed by atoms with Crippen LogP contribution in [0.2, 0.25) is 0 Å². The Hall–Kier alpha value is -1.79. The standard InChI is InChI=1S/C7H13N5O2/c1-2-3(10-6(8)9)4-5(13)12-7(14)11-4/h3-4H,2H2,1H3,(H4,8,9,10)(H2,11,12,13,14)/t3-,4?/m1/s1. The summed E-state index contributed by atoms with van der Waals surface area (Å²) in [6.45, 7) is 1.83. The normalized spacial score (nSPS) is 22.5. The van der Waals surface area contributed by atoms with Gasteiger partial charge in [0.25, 0.3) is 5.91 Å². The number of nitrogens with one attached hydrogen (secondary N) is 2. The predicted octanol–water partition coefficient (Wildman–Crippen LogP) is -1.75. The van der Waals surface area contributed by atoms with E-state index in [1.807, 2.05) is 6.92 Å². The maximum Gasteiger partial charge on any atom is 0.322 e. The highest BCUT2D eigenvalue weighted by Gasteiger charge is 2.35. The SMILES string of the molecule is CC[C@@H](N=C(N)N)C1NC(=O)NC1=O. The van der Waals surface area contributed by atoms with Gasteiger partial charge < -0.3 is 16.8 Å². The lowest BCUT2D eigenvalue weighted by atomic mass is 10.1. The monoisotopic (exact) mass is 199 g/mol. The van der Waals surface area contributed by atoms with Gasteiger partial charge in [-0.2, -0.15) is 0 Å². The largest absolute Gasteiger partial charge is 0.370 e. The van der Waals surface area contributed by atoms with E-state index in [4.69, 9.17) is 11.5 Å². The van der Waals surface area contributed by atoms with E-state index in [1.54, 1.807) is 0 Å². The summed E-state index contributed by atoms with van der Waals surface area (Å²) in [4.78, 5) is 25.9. The number of urea groups is 1. The van der Waals surface area contributed by atoms with Crippen LogP contribution in [-0.2, 0) is 4.79 Å². The second-order valence-electron chi connectivity index (χ2n) is 2.97. The highest BCUT2D eigenvalue weighted by atomic mass is 16.2. The third-order valence-electron chi connectivity index (χ3n) is 1.92. The lowest BCUT2D eigenvalue weighted by Gasteiger charge is -2.15. The van der Waals surface area contributed by atoms with Crippen molar-refractivity contribution in [3.05, 3.63) is 0 Å². The minimum atomic E-state index is -0.672. The number of carbonyl (C=O) groups excluding carboxylic acids is 2. The number of carbonyl (C=O) groups is 2. The molecular weight excluding hydrogens is 186 g/mol. The molecule has 0 spiro atoms. The van der Waals surface area contributed by atoms with Crippen LogP contribution in [0.5, 0.6) is 0 Å². The Balaban J connectivity index is 2.75. The highest BCUT2D eigenvalue weighted by Crippen LogP contribution is 2.07. The van der Waals surface area contributed by atoms with E-state index in [2.05, 4.69) is 15.6 Å². The van der Waals surface area contributed by atoms with Crippen molar-refractivity contribution in [2.24, 2.45) is 16.5 Å². The van der Waals surface area contributed by atoms with Gasteiger partial charge in [0.1, 0.15) is 6.04 Å². The summed E-state index contributed by atoms with van der Waals surface area (Å²) in [6.07, 6.45) is 0.566. The molecule has 0 aromatic carbocycles. The number of imide groups is 1. The number of nitrogens with zero attached hydrogens (tertiary/aromatic N) is 1. The van der Waals surface area contributed by atoms with E-state index in [-0.39, 0.29) is 5.96 Å². The molecule has 0 radical (unpaired) electrons. The molecule has 0 saturated carbocycles. The van der Waals surface area contributed by atoms with E-state index >= 15 is 0 Å². The maximum atomic E-state index is 11.2. The number of rotatable bonds is 3. The maximum absolute atomic E-state index is 11.2. The number of hydrogen-bond acceptors (Lipinski definition) is 3. The first-order chi connectivity index (χ1) is 6.54. The van der Waals surface area contributed by atoms with E-state index in [0.29, 0.717) is 6.42 Å². The summed E-state index contributed by atoms with van der Waals surface area (Å²) in [6, 6.07) is -1.59. The topological polar surface area (TPSA) is 123 Å². The van der Waals surface area contributed by atoms with E-state index < -0.39 is 24.0 Å². The van der Waals surface area contributed by atoms with Gasteiger partial charge in [-0.05, 0) is 6.42 Å². The average Bonchev–Trinajstić information content (AvgIpc) is 2.41. The van der Waals surface area contributed by atoms with Gasteiger partial charge in [-0.1, -0.05) is 6.92 Å². The summed E-state index contributed by atoms with van der Waals surface area (Å²) in [5.74, 6) is -0.488. The molecule has 1 aliphatic heterocycles. The first-order valence-corrected chi connectivity index (χ1v) is 4.24. The molecule has 7 heteroatoms. The van der Waals surface area contributed by atoms with Crippen molar-refractivity contribution in [3.8, 4) is 0 Å². The van der Waals surface area contributed by atoms with Crippen LogP contribution in [0.25, 0.3) is 0 Å². The number of aliphatic imine (C=N–C) groups is 1. The van der Waals surface area contributed by atoms with E-state index in [9.17, 15) is 9.59 Å². The van der Waals surface area contributed by atoms with Crippen LogP contribution in [0.1, 0.15) is 13.3 Å². The van der Waals surface area contributed by atoms with Crippen LogP contribution in [0.15, 0.2) is 4.99 Å². The molecule has 0 aromatic heterocycles. The van der Waals surface area contributed by atoms with Gasteiger partial charge in [-0.25, -0.2) is 9.79 Å². The third-order valence-corrected chi connectivity index (χ3v) is 1.92. The second kappa shape index (κ2) is 3.95. The smallest absolute Gasteiger partial charge is 0.322 e. The average molecular weight is 199 g/mol. The lowest BCUT2D eigenvalue weighted by Crippen LogP contribution is -2.41. The Kier molecular flexibility index (Phi) is 2.90. The van der Waals surface area contributed by atoms with Crippen LogP contribution >= 0.6 is 0 Å². The molecule has 7 nitrogen and oxygen atoms in total. The zero-order chi connectivity index (χ0) is 10.7. The van der Waals surface area contributed by atoms with Crippen molar-refractivity contribution < 1.29 is 9.59 Å². The van der Waals surface area contributed by atoms with Gasteiger partial charge in [-0.15, -0.1) is 0 Å². The molecule has 3 amide bonds. The molecule has 1 aliphatic rings. The summed E-state index contributed by atoms with van der Waals surface area (Å²) in [5.41, 5.74) is 10.4. The first-order valence-electron chi connectivity index (χ1n) is 4.24. The summed E-state index contributed by atoms with van der Waals surface area (Å²) < 4.78 is 0. The van der Waals surface area contributed by atoms with Gasteiger partial charge in [0.15, 0.2) is 5.96 Å². The van der Waals surface area contributed by atoms with Crippen LogP contribution in [0, 0.1) is 0 Å². The molecule has 78 valence electrons. The molecule has 14 heavy (non-hydrogen) atoms. The zero-order valence-electron chi connectivity index (χ0n) is 7.78. The van der Waals surface area contributed by atoms with Crippen LogP contribution in [0.3, 0.4) is 0 Å². The third kappa shape index (κ3) is 2.12. The molecule has 0 aliphatic carbocycles. The molecule has 1 unspecified atom stereocenters. The Morgan fingerprint density at radius 1 is 1.57 bits per heavy atom. The minimum absolute atomic E-state index is 0.0919. The van der Waals surface area contributed by atoms with Crippen molar-refractivity contribution in [2.45, 2.75) is 25.4 Å². The predicted molar refractivity (Wildman–Crippen MR) is 50.4 cm³/mol. The van der Waals surface area contributed by atoms with Crippen molar-refractivity contribution in [2.75, 3.05) is 0 Å². The van der Waals surface area contributed by atoms with Crippen LogP contribution in [-0.4, -0.2) is 30.0 Å². The van der Waals surface area contributed by atoms with Gasteiger partial charge in [0.05, 0.1) is 6.04 Å². The summed E-state index contributed by atoms with van der Waals surface area (Å²) >= 11 is 0. The van der Waals surface area contributed by atoms with E-state index in [0.717, 1.165) is 0 Å². The zero-order valence-corrected chi connectivity index (χ0v) is 7.78. The molecule has 1 heterocycles. The van der Waals surface area contributed by atoms with Crippen molar-refractivity contribution in [1.82, 2.24) is 10.6 Å².